The van der Waals surface area contributed by atoms with Crippen LogP contribution in [0.5, 0.6) is 0 Å². The fraction of sp³-hybridized carbons (Fsp3) is 0.263. The highest BCUT2D eigenvalue weighted by molar-refractivity contribution is 5.96. The van der Waals surface area contributed by atoms with Gasteiger partial charge in [-0.15, -0.1) is 12.4 Å². The number of fused-ring (bicyclic) bond motifs is 1. The number of hydrogen-bond acceptors (Lipinski definition) is 3. The summed E-state index contributed by atoms with van der Waals surface area (Å²) in [5, 5.41) is 5.74. The Morgan fingerprint density at radius 3 is 2.60 bits per heavy atom. The molecule has 5 nitrogen and oxygen atoms in total. The Kier molecular flexibility index (Phi) is 6.17. The number of halogens is 1. The molecule has 25 heavy (non-hydrogen) atoms. The molecule has 2 amide bonds. The summed E-state index contributed by atoms with van der Waals surface area (Å²) in [6.45, 7) is 1.99. The van der Waals surface area contributed by atoms with Gasteiger partial charge in [0.25, 0.3) is 0 Å². The van der Waals surface area contributed by atoms with Gasteiger partial charge in [-0.25, -0.2) is 0 Å². The van der Waals surface area contributed by atoms with Crippen molar-refractivity contribution in [1.29, 1.82) is 0 Å². The molecule has 1 atom stereocenters. The van der Waals surface area contributed by atoms with E-state index in [1.54, 1.807) is 6.07 Å². The highest BCUT2D eigenvalue weighted by atomic mass is 35.5. The van der Waals surface area contributed by atoms with E-state index in [9.17, 15) is 9.59 Å². The smallest absolute Gasteiger partial charge is 0.245 e. The fourth-order valence-electron chi connectivity index (χ4n) is 2.80. The molecule has 1 aliphatic heterocycles. The zero-order chi connectivity index (χ0) is 17.1. The second-order valence-corrected chi connectivity index (χ2v) is 6.15. The molecule has 0 saturated heterocycles. The lowest BCUT2D eigenvalue weighted by molar-refractivity contribution is -0.117. The third-order valence-electron chi connectivity index (χ3n) is 4.22. The number of anilines is 2. The lowest BCUT2D eigenvalue weighted by Crippen LogP contribution is -2.27. The molecule has 1 aliphatic rings. The summed E-state index contributed by atoms with van der Waals surface area (Å²) in [4.78, 5) is 24.0. The lowest BCUT2D eigenvalue weighted by Gasteiger charge is -2.14. The van der Waals surface area contributed by atoms with Crippen molar-refractivity contribution in [3.8, 4) is 0 Å². The standard InChI is InChI=1S/C19H21N3O2.ClH/c1-12-5-7-13(8-6-12)18(20)19(24)21-15-9-10-16-14(11-15)3-2-4-17(23)22-16;/h5-11,18H,2-4,20H2,1H3,(H,21,24)(H,22,23);1H. The summed E-state index contributed by atoms with van der Waals surface area (Å²) in [5.41, 5.74) is 10.5. The predicted octanol–water partition coefficient (Wildman–Crippen LogP) is 3.33. The van der Waals surface area contributed by atoms with Gasteiger partial charge in [0.2, 0.25) is 11.8 Å². The summed E-state index contributed by atoms with van der Waals surface area (Å²) in [6.07, 6.45) is 2.13. The molecular weight excluding hydrogens is 338 g/mol. The highest BCUT2D eigenvalue weighted by Gasteiger charge is 2.17. The van der Waals surface area contributed by atoms with Gasteiger partial charge in [-0.1, -0.05) is 29.8 Å². The van der Waals surface area contributed by atoms with Crippen LogP contribution in [0.25, 0.3) is 0 Å². The molecule has 6 heteroatoms. The molecule has 2 aromatic carbocycles. The van der Waals surface area contributed by atoms with Crippen LogP contribution in [-0.2, 0) is 16.0 Å². The third-order valence-corrected chi connectivity index (χ3v) is 4.22. The molecule has 3 rings (SSSR count). The van der Waals surface area contributed by atoms with Crippen LogP contribution < -0.4 is 16.4 Å². The van der Waals surface area contributed by atoms with Crippen molar-refractivity contribution in [3.63, 3.8) is 0 Å². The number of aryl methyl sites for hydroxylation is 2. The zero-order valence-corrected chi connectivity index (χ0v) is 14.9. The SMILES string of the molecule is Cc1ccc(C(N)C(=O)Nc2ccc3c(c2)CCCC(=O)N3)cc1.Cl. The number of nitrogens with one attached hydrogen (secondary N) is 2. The monoisotopic (exact) mass is 359 g/mol. The Balaban J connectivity index is 0.00000225. The maximum absolute atomic E-state index is 12.4. The number of nitrogens with two attached hydrogens (primary N) is 1. The molecule has 0 fully saturated rings. The minimum Gasteiger partial charge on any atom is -0.326 e. The third kappa shape index (κ3) is 4.59. The summed E-state index contributed by atoms with van der Waals surface area (Å²) in [6, 6.07) is 12.4. The van der Waals surface area contributed by atoms with E-state index < -0.39 is 6.04 Å². The summed E-state index contributed by atoms with van der Waals surface area (Å²) >= 11 is 0. The Bertz CT molecular complexity index is 775. The van der Waals surface area contributed by atoms with Gasteiger partial charge >= 0.3 is 0 Å². The minimum atomic E-state index is -0.718. The molecule has 0 radical (unpaired) electrons. The lowest BCUT2D eigenvalue weighted by atomic mass is 10.0. The molecule has 132 valence electrons. The predicted molar refractivity (Wildman–Crippen MR) is 102 cm³/mol. The van der Waals surface area contributed by atoms with Crippen LogP contribution in [0.4, 0.5) is 11.4 Å². The van der Waals surface area contributed by atoms with E-state index in [0.29, 0.717) is 12.1 Å². The second-order valence-electron chi connectivity index (χ2n) is 6.15. The van der Waals surface area contributed by atoms with Crippen LogP contribution in [0.3, 0.4) is 0 Å². The van der Waals surface area contributed by atoms with Gasteiger partial charge in [0.15, 0.2) is 0 Å². The topological polar surface area (TPSA) is 84.2 Å². The van der Waals surface area contributed by atoms with Crippen LogP contribution in [0, 0.1) is 6.92 Å². The Hall–Kier alpha value is -2.37. The zero-order valence-electron chi connectivity index (χ0n) is 14.0. The second kappa shape index (κ2) is 8.14. The molecule has 4 N–H and O–H groups in total. The van der Waals surface area contributed by atoms with Crippen molar-refractivity contribution in [2.75, 3.05) is 10.6 Å². The Morgan fingerprint density at radius 2 is 1.88 bits per heavy atom. The maximum atomic E-state index is 12.4. The average Bonchev–Trinajstić information content (AvgIpc) is 2.75. The number of rotatable bonds is 3. The van der Waals surface area contributed by atoms with Gasteiger partial charge in [0.1, 0.15) is 6.04 Å². The number of amides is 2. The molecule has 0 aromatic heterocycles. The van der Waals surface area contributed by atoms with E-state index in [-0.39, 0.29) is 24.2 Å². The maximum Gasteiger partial charge on any atom is 0.245 e. The van der Waals surface area contributed by atoms with Gasteiger partial charge in [0, 0.05) is 17.8 Å². The van der Waals surface area contributed by atoms with E-state index in [1.165, 1.54) is 0 Å². The Labute approximate surface area is 153 Å². The minimum absolute atomic E-state index is 0. The molecular formula is C19H22ClN3O2. The van der Waals surface area contributed by atoms with Crippen LogP contribution >= 0.6 is 12.4 Å². The molecule has 1 heterocycles. The molecule has 1 unspecified atom stereocenters. The first-order valence-corrected chi connectivity index (χ1v) is 8.09. The summed E-state index contributed by atoms with van der Waals surface area (Å²) in [5.74, 6) is -0.219. The Morgan fingerprint density at radius 1 is 1.16 bits per heavy atom. The van der Waals surface area contributed by atoms with Crippen molar-refractivity contribution in [1.82, 2.24) is 0 Å². The van der Waals surface area contributed by atoms with Gasteiger partial charge in [-0.2, -0.15) is 0 Å². The summed E-state index contributed by atoms with van der Waals surface area (Å²) < 4.78 is 0. The van der Waals surface area contributed by atoms with Crippen molar-refractivity contribution in [2.24, 2.45) is 5.73 Å². The molecule has 2 aromatic rings. The first kappa shape index (κ1) is 19.0. The fourth-order valence-corrected chi connectivity index (χ4v) is 2.80. The normalized spacial score (nSPS) is 14.4. The molecule has 0 saturated carbocycles. The average molecular weight is 360 g/mol. The van der Waals surface area contributed by atoms with E-state index in [2.05, 4.69) is 10.6 Å². The van der Waals surface area contributed by atoms with Crippen molar-refractivity contribution in [2.45, 2.75) is 32.2 Å². The molecule has 0 bridgehead atoms. The van der Waals surface area contributed by atoms with E-state index in [4.69, 9.17) is 5.73 Å². The van der Waals surface area contributed by atoms with Gasteiger partial charge in [-0.3, -0.25) is 9.59 Å². The van der Waals surface area contributed by atoms with Gasteiger partial charge in [-0.05, 0) is 49.1 Å². The van der Waals surface area contributed by atoms with E-state index in [1.807, 2.05) is 43.3 Å². The largest absolute Gasteiger partial charge is 0.326 e. The highest BCUT2D eigenvalue weighted by Crippen LogP contribution is 2.26. The number of hydrogen-bond donors (Lipinski definition) is 3. The first-order valence-electron chi connectivity index (χ1n) is 8.09. The van der Waals surface area contributed by atoms with Crippen LogP contribution in [0.2, 0.25) is 0 Å². The summed E-state index contributed by atoms with van der Waals surface area (Å²) in [7, 11) is 0. The van der Waals surface area contributed by atoms with Crippen molar-refractivity contribution in [3.05, 3.63) is 59.2 Å². The number of carbonyl (C=O) groups is 2. The quantitative estimate of drug-likeness (QED) is 0.785. The van der Waals surface area contributed by atoms with Gasteiger partial charge in [0.05, 0.1) is 0 Å². The van der Waals surface area contributed by atoms with Crippen molar-refractivity contribution < 1.29 is 9.59 Å². The van der Waals surface area contributed by atoms with Crippen LogP contribution in [0.1, 0.15) is 35.6 Å². The molecule has 0 spiro atoms. The van der Waals surface area contributed by atoms with E-state index in [0.717, 1.165) is 35.2 Å². The van der Waals surface area contributed by atoms with Crippen LogP contribution in [0.15, 0.2) is 42.5 Å². The van der Waals surface area contributed by atoms with E-state index >= 15 is 0 Å². The van der Waals surface area contributed by atoms with Crippen molar-refractivity contribution >= 4 is 35.6 Å². The van der Waals surface area contributed by atoms with Gasteiger partial charge < -0.3 is 16.4 Å². The molecule has 0 aliphatic carbocycles. The first-order chi connectivity index (χ1) is 11.5. The number of carbonyl (C=O) groups excluding carboxylic acids is 2. The number of benzene rings is 2. The van der Waals surface area contributed by atoms with Crippen LogP contribution in [-0.4, -0.2) is 11.8 Å².